The van der Waals surface area contributed by atoms with E-state index in [1.54, 1.807) is 23.5 Å². The molecule has 0 saturated heterocycles. The number of thiophene rings is 1. The first-order chi connectivity index (χ1) is 7.57. The molecule has 16 heavy (non-hydrogen) atoms. The Morgan fingerprint density at radius 1 is 1.38 bits per heavy atom. The Hall–Kier alpha value is -1.40. The molecule has 0 amide bonds. The van der Waals surface area contributed by atoms with E-state index in [-0.39, 0.29) is 0 Å². The van der Waals surface area contributed by atoms with Crippen LogP contribution in [0.5, 0.6) is 0 Å². The molecule has 2 heterocycles. The average molecular weight is 254 g/mol. The van der Waals surface area contributed by atoms with Gasteiger partial charge >= 0.3 is 0 Å². The summed E-state index contributed by atoms with van der Waals surface area (Å²) in [5.41, 5.74) is 0.552. The fourth-order valence-electron chi connectivity index (χ4n) is 1.25. The molecule has 0 spiro atoms. The molecule has 6 heteroatoms. The van der Waals surface area contributed by atoms with Gasteiger partial charge < -0.3 is 0 Å². The zero-order valence-electron chi connectivity index (χ0n) is 8.57. The van der Waals surface area contributed by atoms with E-state index in [0.717, 1.165) is 15.2 Å². The van der Waals surface area contributed by atoms with Crippen molar-refractivity contribution in [3.8, 4) is 0 Å². The lowest BCUT2D eigenvalue weighted by Crippen LogP contribution is -2.12. The van der Waals surface area contributed by atoms with Gasteiger partial charge in [0.25, 0.3) is 10.0 Å². The van der Waals surface area contributed by atoms with Gasteiger partial charge in [0.15, 0.2) is 0 Å². The monoisotopic (exact) mass is 254 g/mol. The fourth-order valence-corrected chi connectivity index (χ4v) is 2.60. The lowest BCUT2D eigenvalue weighted by Gasteiger charge is -1.99. The van der Waals surface area contributed by atoms with E-state index in [1.807, 2.05) is 23.6 Å². The van der Waals surface area contributed by atoms with Gasteiger partial charge in [0.2, 0.25) is 0 Å². The first kappa shape index (κ1) is 11.1. The summed E-state index contributed by atoms with van der Waals surface area (Å²) in [6.45, 7) is 0. The number of hydrogen-bond acceptors (Lipinski definition) is 4. The van der Waals surface area contributed by atoms with Crippen molar-refractivity contribution in [2.75, 3.05) is 6.26 Å². The standard InChI is InChI=1S/C10H10N2O2S2/c1-16(13,14)12-9(6-7-11-12)4-5-10-3-2-8-15-10/h2-8H,1H3/b5-4+. The van der Waals surface area contributed by atoms with Crippen LogP contribution in [0.15, 0.2) is 29.8 Å². The van der Waals surface area contributed by atoms with E-state index in [1.165, 1.54) is 6.20 Å². The quantitative estimate of drug-likeness (QED) is 0.841. The van der Waals surface area contributed by atoms with Crippen LogP contribution in [0.25, 0.3) is 12.2 Å². The lowest BCUT2D eigenvalue weighted by molar-refractivity contribution is 0.586. The predicted molar refractivity (Wildman–Crippen MR) is 65.7 cm³/mol. The van der Waals surface area contributed by atoms with E-state index >= 15 is 0 Å². The molecule has 2 rings (SSSR count). The smallest absolute Gasteiger partial charge is 0.205 e. The van der Waals surface area contributed by atoms with E-state index in [9.17, 15) is 8.42 Å². The second-order valence-electron chi connectivity index (χ2n) is 3.21. The molecule has 0 atom stereocenters. The molecule has 0 aromatic carbocycles. The van der Waals surface area contributed by atoms with Crippen LogP contribution in [-0.4, -0.2) is 23.9 Å². The summed E-state index contributed by atoms with van der Waals surface area (Å²) in [5, 5.41) is 5.73. The molecule has 0 unspecified atom stereocenters. The average Bonchev–Trinajstić information content (AvgIpc) is 2.85. The molecule has 2 aromatic heterocycles. The van der Waals surface area contributed by atoms with Crippen LogP contribution < -0.4 is 0 Å². The van der Waals surface area contributed by atoms with Crippen molar-refractivity contribution in [2.45, 2.75) is 0 Å². The molecular formula is C10H10N2O2S2. The summed E-state index contributed by atoms with van der Waals surface area (Å²) >= 11 is 1.59. The van der Waals surface area contributed by atoms with Gasteiger partial charge in [-0.1, -0.05) is 6.07 Å². The third kappa shape index (κ3) is 2.40. The third-order valence-corrected chi connectivity index (χ3v) is 3.68. The molecule has 84 valence electrons. The largest absolute Gasteiger partial charge is 0.251 e. The summed E-state index contributed by atoms with van der Waals surface area (Å²) in [6.07, 6.45) is 6.20. The Labute approximate surface area is 97.9 Å². The van der Waals surface area contributed by atoms with Gasteiger partial charge in [-0.2, -0.15) is 9.19 Å². The van der Waals surface area contributed by atoms with Crippen LogP contribution in [-0.2, 0) is 10.0 Å². The van der Waals surface area contributed by atoms with Crippen LogP contribution in [0, 0.1) is 0 Å². The van der Waals surface area contributed by atoms with Crippen LogP contribution in [0.3, 0.4) is 0 Å². The van der Waals surface area contributed by atoms with Crippen LogP contribution in [0.4, 0.5) is 0 Å². The SMILES string of the molecule is CS(=O)(=O)n1nccc1/C=C/c1cccs1. The maximum absolute atomic E-state index is 11.3. The summed E-state index contributed by atoms with van der Waals surface area (Å²) in [4.78, 5) is 1.07. The fraction of sp³-hybridized carbons (Fsp3) is 0.100. The molecule has 0 saturated carbocycles. The molecule has 0 radical (unpaired) electrons. The molecule has 0 fully saturated rings. The van der Waals surface area contributed by atoms with Crippen molar-refractivity contribution in [2.24, 2.45) is 0 Å². The topological polar surface area (TPSA) is 52.0 Å². The highest BCUT2D eigenvalue weighted by molar-refractivity contribution is 7.89. The maximum Gasteiger partial charge on any atom is 0.251 e. The van der Waals surface area contributed by atoms with Crippen molar-refractivity contribution >= 4 is 33.5 Å². The summed E-state index contributed by atoms with van der Waals surface area (Å²) in [6, 6.07) is 5.56. The number of hydrogen-bond donors (Lipinski definition) is 0. The highest BCUT2D eigenvalue weighted by Crippen LogP contribution is 2.13. The Morgan fingerprint density at radius 2 is 2.19 bits per heavy atom. The minimum atomic E-state index is -3.32. The second kappa shape index (κ2) is 4.23. The van der Waals surface area contributed by atoms with Gasteiger partial charge in [-0.15, -0.1) is 11.3 Å². The number of nitrogens with zero attached hydrogens (tertiary/aromatic N) is 2. The first-order valence-electron chi connectivity index (χ1n) is 4.53. The molecule has 0 N–H and O–H groups in total. The van der Waals surface area contributed by atoms with Gasteiger partial charge in [-0.3, -0.25) is 0 Å². The van der Waals surface area contributed by atoms with Crippen molar-refractivity contribution in [1.29, 1.82) is 0 Å². The normalized spacial score (nSPS) is 12.3. The van der Waals surface area contributed by atoms with Gasteiger partial charge in [0, 0.05) is 4.88 Å². The van der Waals surface area contributed by atoms with Gasteiger partial charge in [0.1, 0.15) is 0 Å². The Morgan fingerprint density at radius 3 is 2.81 bits per heavy atom. The van der Waals surface area contributed by atoms with Crippen LogP contribution in [0.2, 0.25) is 0 Å². The first-order valence-corrected chi connectivity index (χ1v) is 7.26. The molecule has 0 bridgehead atoms. The van der Waals surface area contributed by atoms with E-state index in [0.29, 0.717) is 5.69 Å². The summed E-state index contributed by atoms with van der Waals surface area (Å²) in [7, 11) is -3.32. The van der Waals surface area contributed by atoms with Crippen LogP contribution >= 0.6 is 11.3 Å². The molecule has 2 aromatic rings. The molecular weight excluding hydrogens is 244 g/mol. The lowest BCUT2D eigenvalue weighted by atomic mass is 10.3. The zero-order chi connectivity index (χ0) is 11.6. The molecule has 0 aliphatic carbocycles. The second-order valence-corrected chi connectivity index (χ2v) is 6.00. The number of aromatic nitrogens is 2. The summed E-state index contributed by atoms with van der Waals surface area (Å²) in [5.74, 6) is 0. The van der Waals surface area contributed by atoms with E-state index in [2.05, 4.69) is 5.10 Å². The van der Waals surface area contributed by atoms with Crippen molar-refractivity contribution in [1.82, 2.24) is 9.19 Å². The highest BCUT2D eigenvalue weighted by atomic mass is 32.2. The molecule has 0 aliphatic rings. The third-order valence-electron chi connectivity index (χ3n) is 1.91. The summed E-state index contributed by atoms with van der Waals surface area (Å²) < 4.78 is 23.7. The van der Waals surface area contributed by atoms with Gasteiger partial charge in [-0.05, 0) is 29.7 Å². The predicted octanol–water partition coefficient (Wildman–Crippen LogP) is 1.92. The molecule has 0 aliphatic heterocycles. The van der Waals surface area contributed by atoms with E-state index < -0.39 is 10.0 Å². The molecule has 4 nitrogen and oxygen atoms in total. The van der Waals surface area contributed by atoms with Crippen molar-refractivity contribution in [3.63, 3.8) is 0 Å². The number of rotatable bonds is 3. The Balaban J connectivity index is 2.33. The van der Waals surface area contributed by atoms with Gasteiger partial charge in [-0.25, -0.2) is 8.42 Å². The highest BCUT2D eigenvalue weighted by Gasteiger charge is 2.09. The van der Waals surface area contributed by atoms with Crippen molar-refractivity contribution < 1.29 is 8.42 Å². The van der Waals surface area contributed by atoms with E-state index in [4.69, 9.17) is 0 Å². The Bertz CT molecular complexity index is 595. The minimum absolute atomic E-state index is 0.552. The van der Waals surface area contributed by atoms with Crippen molar-refractivity contribution in [3.05, 3.63) is 40.3 Å². The zero-order valence-corrected chi connectivity index (χ0v) is 10.2. The van der Waals surface area contributed by atoms with Crippen LogP contribution in [0.1, 0.15) is 10.6 Å². The Kier molecular flexibility index (Phi) is 2.93. The minimum Gasteiger partial charge on any atom is -0.205 e. The van der Waals surface area contributed by atoms with Gasteiger partial charge in [0.05, 0.1) is 18.1 Å². The maximum atomic E-state index is 11.3.